The summed E-state index contributed by atoms with van der Waals surface area (Å²) in [6, 6.07) is 7.49. The van der Waals surface area contributed by atoms with Gasteiger partial charge >= 0.3 is 11.9 Å². The van der Waals surface area contributed by atoms with E-state index in [2.05, 4.69) is 91.1 Å². The molecular weight excluding hydrogens is 721 g/mol. The zero-order valence-corrected chi connectivity index (χ0v) is 37.2. The smallest absolute Gasteiger partial charge is 0.335 e. The largest absolute Gasteiger partial charge is 0.480 e. The molecule has 0 aliphatic heterocycles. The number of allylic oxidation sites excluding steroid dienone is 3. The van der Waals surface area contributed by atoms with Gasteiger partial charge in [-0.05, 0) is 147 Å². The standard InChI is InChI=1S/C40H58N2O5.C3H6.C2H6.3C2H2/c1-6-23-42(25-34(43)44)24-22-41-36(47)40-18-7-8-31(40)28-13-14-33-38(4,30(28)16-21-40)20-17-32-37(2,3)29(15-19-39(32,33)5)26-9-11-27(12-10-26)35(45)46;1-3-2;4*1-2/h9-12,15,28,30-33H,6-8,13-14,16-25H2,1-5H3,(H,41,47)(H,43,44)(H,45,46);3H,1H2,2H3;1-2H3;3*1-2H/t28-,30?,31?,32?,33?,38-,39-,40-;;;;;/m0...../s1. The second kappa shape index (κ2) is 23.4. The minimum atomic E-state index is -0.881. The van der Waals surface area contributed by atoms with Crippen molar-refractivity contribution in [1.29, 1.82) is 0 Å². The number of nitrogens with zero attached hydrogens (tertiary/aromatic N) is 1. The number of carboxylic acid groups (broad SMARTS) is 2. The quantitative estimate of drug-likeness (QED) is 0.161. The molecule has 8 atom stereocenters. The highest BCUT2D eigenvalue weighted by atomic mass is 16.4. The van der Waals surface area contributed by atoms with E-state index in [1.807, 2.05) is 37.8 Å². The molecule has 4 fully saturated rings. The number of rotatable bonds is 10. The Morgan fingerprint density at radius 1 is 0.828 bits per heavy atom. The fourth-order valence-corrected chi connectivity index (χ4v) is 12.8. The number of nitrogens with one attached hydrogen (secondary N) is 1. The number of carboxylic acids is 2. The lowest BCUT2D eigenvalue weighted by Gasteiger charge is -2.68. The number of hydrogen-bond donors (Lipinski definition) is 3. The number of aliphatic carboxylic acids is 1. The highest BCUT2D eigenvalue weighted by Gasteiger charge is 2.66. The van der Waals surface area contributed by atoms with E-state index in [-0.39, 0.29) is 34.1 Å². The predicted octanol–water partition coefficient (Wildman–Crippen LogP) is 10.7. The van der Waals surface area contributed by atoms with Gasteiger partial charge in [-0.15, -0.1) is 45.1 Å². The first-order valence-electron chi connectivity index (χ1n) is 21.5. The monoisotopic (exact) mass is 797 g/mol. The molecule has 4 saturated carbocycles. The molecule has 5 aliphatic carbocycles. The topological polar surface area (TPSA) is 107 Å². The van der Waals surface area contributed by atoms with Gasteiger partial charge in [0.15, 0.2) is 0 Å². The first kappa shape index (κ1) is 51.8. The Hall–Kier alpha value is -4.25. The summed E-state index contributed by atoms with van der Waals surface area (Å²) in [5.74, 6) is 1.49. The summed E-state index contributed by atoms with van der Waals surface area (Å²) >= 11 is 0. The number of carbonyl (C=O) groups excluding carboxylic acids is 1. The lowest BCUT2D eigenvalue weighted by molar-refractivity contribution is -0.181. The van der Waals surface area contributed by atoms with Crippen molar-refractivity contribution in [2.24, 2.45) is 51.2 Å². The predicted molar refractivity (Wildman–Crippen MR) is 242 cm³/mol. The van der Waals surface area contributed by atoms with Gasteiger partial charge in [-0.2, -0.15) is 0 Å². The van der Waals surface area contributed by atoms with Crippen LogP contribution in [-0.4, -0.2) is 59.1 Å². The van der Waals surface area contributed by atoms with Gasteiger partial charge in [0.25, 0.3) is 0 Å². The van der Waals surface area contributed by atoms with Crippen LogP contribution in [0.25, 0.3) is 5.57 Å². The van der Waals surface area contributed by atoms with Gasteiger partial charge in [-0.25, -0.2) is 4.79 Å². The molecule has 0 aromatic heterocycles. The van der Waals surface area contributed by atoms with Crippen molar-refractivity contribution in [2.75, 3.05) is 26.2 Å². The lowest BCUT2D eigenvalue weighted by atomic mass is 9.36. The Bertz CT molecular complexity index is 1570. The highest BCUT2D eigenvalue weighted by Crippen LogP contribution is 2.73. The molecule has 3 N–H and O–H groups in total. The van der Waals surface area contributed by atoms with Crippen molar-refractivity contribution in [3.8, 4) is 38.5 Å². The maximum atomic E-state index is 14.0. The molecule has 320 valence electrons. The number of fused-ring (bicyclic) bond motifs is 7. The van der Waals surface area contributed by atoms with Crippen molar-refractivity contribution in [2.45, 2.75) is 126 Å². The third-order valence-corrected chi connectivity index (χ3v) is 14.6. The van der Waals surface area contributed by atoms with Crippen LogP contribution in [0, 0.1) is 89.8 Å². The van der Waals surface area contributed by atoms with E-state index in [9.17, 15) is 24.6 Å². The van der Waals surface area contributed by atoms with E-state index >= 15 is 0 Å². The van der Waals surface area contributed by atoms with Crippen LogP contribution in [0.4, 0.5) is 0 Å². The molecular formula is C51H76N2O5. The van der Waals surface area contributed by atoms with Crippen LogP contribution in [0.5, 0.6) is 0 Å². The second-order valence-electron chi connectivity index (χ2n) is 17.5. The molecule has 1 aromatic rings. The van der Waals surface area contributed by atoms with Crippen LogP contribution in [0.1, 0.15) is 142 Å². The highest BCUT2D eigenvalue weighted by molar-refractivity contribution is 5.88. The Kier molecular flexibility index (Phi) is 20.9. The number of hydrogen-bond acceptors (Lipinski definition) is 4. The number of amides is 1. The van der Waals surface area contributed by atoms with E-state index < -0.39 is 11.9 Å². The van der Waals surface area contributed by atoms with Crippen molar-refractivity contribution < 1.29 is 24.6 Å². The zero-order chi connectivity index (χ0) is 44.5. The fraction of sp³-hybridized carbons (Fsp3) is 0.627. The van der Waals surface area contributed by atoms with Crippen LogP contribution in [0.15, 0.2) is 43.0 Å². The van der Waals surface area contributed by atoms with Gasteiger partial charge in [0.1, 0.15) is 0 Å². The Labute approximate surface area is 353 Å². The van der Waals surface area contributed by atoms with Gasteiger partial charge in [-0.1, -0.05) is 79.2 Å². The first-order chi connectivity index (χ1) is 27.7. The Morgan fingerprint density at radius 2 is 1.43 bits per heavy atom. The van der Waals surface area contributed by atoms with Crippen LogP contribution < -0.4 is 5.32 Å². The van der Waals surface area contributed by atoms with Crippen LogP contribution in [-0.2, 0) is 9.59 Å². The zero-order valence-electron chi connectivity index (χ0n) is 37.2. The van der Waals surface area contributed by atoms with Crippen LogP contribution in [0.2, 0.25) is 0 Å². The average Bonchev–Trinajstić information content (AvgIpc) is 3.67. The van der Waals surface area contributed by atoms with Crippen LogP contribution in [0.3, 0.4) is 0 Å². The molecule has 58 heavy (non-hydrogen) atoms. The van der Waals surface area contributed by atoms with Crippen molar-refractivity contribution in [3.05, 3.63) is 54.1 Å². The van der Waals surface area contributed by atoms with Gasteiger partial charge in [-0.3, -0.25) is 14.5 Å². The molecule has 0 saturated heterocycles. The first-order valence-corrected chi connectivity index (χ1v) is 21.5. The molecule has 1 amide bonds. The SMILES string of the molecule is C#C.C#C.C#C.C=CC.CC.CCCN(CCNC(=O)[C@]12CCCC1[C@H]1CCC3[C@@](C)(CCC4C(C)(C)C(c5ccc(C(=O)O)cc5)=CC[C@@]43C)C1CC2)CC(=O)O. The molecule has 0 radical (unpaired) electrons. The van der Waals surface area contributed by atoms with Gasteiger partial charge in [0, 0.05) is 13.1 Å². The summed E-state index contributed by atoms with van der Waals surface area (Å²) in [6.45, 7) is 23.2. The summed E-state index contributed by atoms with van der Waals surface area (Å²) in [6.07, 6.45) is 40.6. The van der Waals surface area contributed by atoms with E-state index in [4.69, 9.17) is 0 Å². The van der Waals surface area contributed by atoms with Crippen molar-refractivity contribution in [3.63, 3.8) is 0 Å². The molecule has 0 heterocycles. The molecule has 1 aromatic carbocycles. The molecule has 0 bridgehead atoms. The summed E-state index contributed by atoms with van der Waals surface area (Å²) in [5.41, 5.74) is 3.10. The molecule has 7 nitrogen and oxygen atoms in total. The minimum absolute atomic E-state index is 0.00163. The number of aromatic carboxylic acids is 1. The third-order valence-electron chi connectivity index (χ3n) is 14.6. The van der Waals surface area contributed by atoms with Crippen molar-refractivity contribution in [1.82, 2.24) is 10.2 Å². The van der Waals surface area contributed by atoms with Gasteiger partial charge < -0.3 is 15.5 Å². The Morgan fingerprint density at radius 3 is 1.98 bits per heavy atom. The summed E-state index contributed by atoms with van der Waals surface area (Å²) < 4.78 is 0. The van der Waals surface area contributed by atoms with Crippen LogP contribution >= 0.6 is 0 Å². The summed E-state index contributed by atoms with van der Waals surface area (Å²) in [5, 5.41) is 22.0. The Balaban J connectivity index is 0.00000140. The second-order valence-corrected chi connectivity index (χ2v) is 17.5. The van der Waals surface area contributed by atoms with E-state index in [1.54, 1.807) is 18.2 Å². The minimum Gasteiger partial charge on any atom is -0.480 e. The van der Waals surface area contributed by atoms with Crippen molar-refractivity contribution >= 4 is 23.4 Å². The third kappa shape index (κ3) is 10.5. The maximum Gasteiger partial charge on any atom is 0.335 e. The summed E-state index contributed by atoms with van der Waals surface area (Å²) in [4.78, 5) is 38.8. The molecule has 7 heteroatoms. The van der Waals surface area contributed by atoms with E-state index in [0.29, 0.717) is 48.2 Å². The van der Waals surface area contributed by atoms with E-state index in [0.717, 1.165) is 57.1 Å². The number of benzene rings is 1. The van der Waals surface area contributed by atoms with Gasteiger partial charge in [0.2, 0.25) is 5.91 Å². The summed E-state index contributed by atoms with van der Waals surface area (Å²) in [7, 11) is 0. The molecule has 6 rings (SSSR count). The average molecular weight is 797 g/mol. The lowest BCUT2D eigenvalue weighted by Crippen LogP contribution is -2.62. The normalized spacial score (nSPS) is 30.5. The maximum absolute atomic E-state index is 14.0. The fourth-order valence-electron chi connectivity index (χ4n) is 12.8. The van der Waals surface area contributed by atoms with Gasteiger partial charge in [0.05, 0.1) is 17.5 Å². The number of terminal acetylenes is 3. The molecule has 0 spiro atoms. The van der Waals surface area contributed by atoms with E-state index in [1.165, 1.54) is 31.3 Å². The number of carbonyl (C=O) groups is 3. The molecule has 5 aliphatic rings. The molecule has 4 unspecified atom stereocenters.